The van der Waals surface area contributed by atoms with Gasteiger partial charge in [0.25, 0.3) is 0 Å². The summed E-state index contributed by atoms with van der Waals surface area (Å²) < 4.78 is 7.57. The van der Waals surface area contributed by atoms with E-state index >= 15 is 0 Å². The first kappa shape index (κ1) is 21.5. The lowest BCUT2D eigenvalue weighted by atomic mass is 10.1. The highest BCUT2D eigenvalue weighted by molar-refractivity contribution is 7.99. The van der Waals surface area contributed by atoms with Crippen molar-refractivity contribution in [3.63, 3.8) is 0 Å². The lowest BCUT2D eigenvalue weighted by Gasteiger charge is -2.16. The van der Waals surface area contributed by atoms with Crippen LogP contribution in [-0.4, -0.2) is 69.5 Å². The molecule has 0 saturated carbocycles. The Bertz CT molecular complexity index is 1250. The first-order chi connectivity index (χ1) is 15.5. The molecule has 1 fully saturated rings. The third kappa shape index (κ3) is 3.92. The van der Waals surface area contributed by atoms with E-state index in [0.29, 0.717) is 16.9 Å². The number of thioether (sulfide) groups is 2. The van der Waals surface area contributed by atoms with Crippen LogP contribution in [-0.2, 0) is 4.74 Å². The first-order valence-electron chi connectivity index (χ1n) is 10.2. The van der Waals surface area contributed by atoms with E-state index in [9.17, 15) is 10.2 Å². The van der Waals surface area contributed by atoms with Crippen molar-refractivity contribution in [1.29, 1.82) is 0 Å². The number of ether oxygens (including phenoxy) is 1. The van der Waals surface area contributed by atoms with Crippen LogP contribution in [0.2, 0.25) is 0 Å². The molecule has 4 aromatic rings. The zero-order valence-electron chi connectivity index (χ0n) is 17.3. The Kier molecular flexibility index (Phi) is 5.95. The number of aromatic nitrogens is 6. The summed E-state index contributed by atoms with van der Waals surface area (Å²) in [6.07, 6.45) is 0.310. The van der Waals surface area contributed by atoms with Gasteiger partial charge in [0.05, 0.1) is 23.5 Å². The van der Waals surface area contributed by atoms with Crippen molar-refractivity contribution in [2.75, 3.05) is 17.2 Å². The molecule has 5 N–H and O–H groups in total. The van der Waals surface area contributed by atoms with Crippen LogP contribution in [0.25, 0.3) is 22.2 Å². The van der Waals surface area contributed by atoms with Gasteiger partial charge < -0.3 is 25.7 Å². The maximum Gasteiger partial charge on any atom is 0.167 e. The van der Waals surface area contributed by atoms with Gasteiger partial charge >= 0.3 is 0 Å². The van der Waals surface area contributed by atoms with Gasteiger partial charge in [-0.2, -0.15) is 0 Å². The second-order valence-electron chi connectivity index (χ2n) is 7.51. The molecule has 0 spiro atoms. The molecule has 0 aliphatic carbocycles. The Labute approximate surface area is 192 Å². The fraction of sp³-hybridized carbons (Fsp3) is 0.400. The highest BCUT2D eigenvalue weighted by Crippen LogP contribution is 2.34. The predicted molar refractivity (Wildman–Crippen MR) is 123 cm³/mol. The summed E-state index contributed by atoms with van der Waals surface area (Å²) in [6, 6.07) is 6.19. The van der Waals surface area contributed by atoms with E-state index in [2.05, 4.69) is 44.0 Å². The molecule has 0 amide bonds. The van der Waals surface area contributed by atoms with E-state index in [1.807, 2.05) is 17.8 Å². The number of aliphatic hydroxyl groups is 2. The SMILES string of the molecule is CCCSc1ccc2nc(SC[C@H]3O[C@@H](n4cnc5c(N)ncnc54)[C@H](O)[C@@H]3O)[nH]c2c1. The minimum Gasteiger partial charge on any atom is -0.387 e. The van der Waals surface area contributed by atoms with E-state index in [4.69, 9.17) is 10.5 Å². The molecule has 0 unspecified atom stereocenters. The van der Waals surface area contributed by atoms with Crippen molar-refractivity contribution in [3.05, 3.63) is 30.9 Å². The zero-order chi connectivity index (χ0) is 22.2. The number of rotatable bonds is 7. The van der Waals surface area contributed by atoms with Gasteiger partial charge in [0.1, 0.15) is 24.1 Å². The molecule has 3 aromatic heterocycles. The molecule has 32 heavy (non-hydrogen) atoms. The van der Waals surface area contributed by atoms with Gasteiger partial charge in [-0.05, 0) is 30.4 Å². The standard InChI is InChI=1S/C20H23N7O3S2/c1-2-5-31-10-3-4-11-12(6-10)26-20(25-11)32-7-13-15(28)16(29)19(30-13)27-9-24-14-17(21)22-8-23-18(14)27/h3-4,6,8-9,13,15-16,19,28-29H,2,5,7H2,1H3,(H,25,26)(H2,21,22,23)/t13-,15-,16-,19-/m1/s1. The van der Waals surface area contributed by atoms with E-state index < -0.39 is 24.5 Å². The molecule has 168 valence electrons. The van der Waals surface area contributed by atoms with Gasteiger partial charge in [-0.1, -0.05) is 18.7 Å². The topological polar surface area (TPSA) is 148 Å². The summed E-state index contributed by atoms with van der Waals surface area (Å²) in [5, 5.41) is 21.9. The zero-order valence-corrected chi connectivity index (χ0v) is 18.9. The minimum atomic E-state index is -1.14. The van der Waals surface area contributed by atoms with Crippen molar-refractivity contribution < 1.29 is 14.9 Å². The Morgan fingerprint density at radius 3 is 2.91 bits per heavy atom. The van der Waals surface area contributed by atoms with Crippen molar-refractivity contribution in [2.24, 2.45) is 0 Å². The molecule has 1 saturated heterocycles. The maximum atomic E-state index is 10.6. The largest absolute Gasteiger partial charge is 0.387 e. The number of benzene rings is 1. The molecule has 1 aliphatic heterocycles. The predicted octanol–water partition coefficient (Wildman–Crippen LogP) is 2.20. The molecule has 1 aromatic carbocycles. The van der Waals surface area contributed by atoms with Gasteiger partial charge in [0.2, 0.25) is 0 Å². The number of aliphatic hydroxyl groups excluding tert-OH is 2. The fourth-order valence-electron chi connectivity index (χ4n) is 3.66. The van der Waals surface area contributed by atoms with Gasteiger partial charge in [0.15, 0.2) is 22.8 Å². The highest BCUT2D eigenvalue weighted by Gasteiger charge is 2.44. The second kappa shape index (κ2) is 8.87. The van der Waals surface area contributed by atoms with Gasteiger partial charge in [-0.15, -0.1) is 11.8 Å². The average Bonchev–Trinajstić information content (AvgIpc) is 3.47. The Hall–Kier alpha value is -2.38. The molecule has 5 rings (SSSR count). The molecule has 12 heteroatoms. The highest BCUT2D eigenvalue weighted by atomic mass is 32.2. The molecule has 0 radical (unpaired) electrons. The normalized spacial score (nSPS) is 23.5. The molecule has 4 atom stereocenters. The fourth-order valence-corrected chi connectivity index (χ4v) is 5.41. The average molecular weight is 474 g/mol. The van der Waals surface area contributed by atoms with Crippen LogP contribution in [0.1, 0.15) is 19.6 Å². The first-order valence-corrected chi connectivity index (χ1v) is 12.2. The van der Waals surface area contributed by atoms with Crippen molar-refractivity contribution in [1.82, 2.24) is 29.5 Å². The summed E-state index contributed by atoms with van der Waals surface area (Å²) >= 11 is 3.26. The van der Waals surface area contributed by atoms with Gasteiger partial charge in [0, 0.05) is 10.6 Å². The second-order valence-corrected chi connectivity index (χ2v) is 9.69. The number of nitrogen functional groups attached to an aromatic ring is 1. The molecule has 10 nitrogen and oxygen atoms in total. The lowest BCUT2D eigenvalue weighted by Crippen LogP contribution is -2.32. The number of fused-ring (bicyclic) bond motifs is 2. The maximum absolute atomic E-state index is 10.6. The number of imidazole rings is 2. The van der Waals surface area contributed by atoms with Crippen LogP contribution in [0.3, 0.4) is 0 Å². The van der Waals surface area contributed by atoms with Gasteiger partial charge in [-0.3, -0.25) is 4.57 Å². The van der Waals surface area contributed by atoms with Crippen molar-refractivity contribution in [2.45, 2.75) is 47.9 Å². The summed E-state index contributed by atoms with van der Waals surface area (Å²) in [5.41, 5.74) is 8.57. The van der Waals surface area contributed by atoms with E-state index in [0.717, 1.165) is 28.4 Å². The van der Waals surface area contributed by atoms with Crippen molar-refractivity contribution >= 4 is 51.5 Å². The summed E-state index contributed by atoms with van der Waals surface area (Å²) in [6.45, 7) is 2.16. The minimum absolute atomic E-state index is 0.245. The summed E-state index contributed by atoms with van der Waals surface area (Å²) in [5.74, 6) is 1.73. The van der Waals surface area contributed by atoms with Crippen LogP contribution in [0.4, 0.5) is 5.82 Å². The smallest absolute Gasteiger partial charge is 0.167 e. The number of hydrogen-bond acceptors (Lipinski definition) is 10. The lowest BCUT2D eigenvalue weighted by molar-refractivity contribution is -0.0289. The van der Waals surface area contributed by atoms with Crippen molar-refractivity contribution in [3.8, 4) is 0 Å². The van der Waals surface area contributed by atoms with E-state index in [-0.39, 0.29) is 5.82 Å². The van der Waals surface area contributed by atoms with Crippen LogP contribution >= 0.6 is 23.5 Å². The van der Waals surface area contributed by atoms with Gasteiger partial charge in [-0.25, -0.2) is 19.9 Å². The quantitative estimate of drug-likeness (QED) is 0.294. The Morgan fingerprint density at radius 2 is 2.06 bits per heavy atom. The monoisotopic (exact) mass is 473 g/mol. The van der Waals surface area contributed by atoms with Crippen LogP contribution in [0.15, 0.2) is 40.9 Å². The number of aromatic amines is 1. The van der Waals surface area contributed by atoms with Crippen LogP contribution in [0, 0.1) is 0 Å². The number of H-pyrrole nitrogens is 1. The number of nitrogens with zero attached hydrogens (tertiary/aromatic N) is 5. The third-order valence-corrected chi connectivity index (χ3v) is 7.45. The summed E-state index contributed by atoms with van der Waals surface area (Å²) in [7, 11) is 0. The number of nitrogens with one attached hydrogen (secondary N) is 1. The van der Waals surface area contributed by atoms with Crippen LogP contribution < -0.4 is 5.73 Å². The Morgan fingerprint density at radius 1 is 1.19 bits per heavy atom. The van der Waals surface area contributed by atoms with E-state index in [1.54, 1.807) is 4.57 Å². The van der Waals surface area contributed by atoms with Crippen LogP contribution in [0.5, 0.6) is 0 Å². The number of nitrogens with two attached hydrogens (primary N) is 1. The number of anilines is 1. The molecule has 1 aliphatic rings. The van der Waals surface area contributed by atoms with E-state index in [1.165, 1.54) is 29.3 Å². The molecule has 4 heterocycles. The molecular formula is C20H23N7O3S2. The third-order valence-electron chi connectivity index (χ3n) is 5.29. The summed E-state index contributed by atoms with van der Waals surface area (Å²) in [4.78, 5) is 21.5. The number of hydrogen-bond donors (Lipinski definition) is 4. The molecular weight excluding hydrogens is 450 g/mol. The Balaban J connectivity index is 1.29. The molecule has 0 bridgehead atoms.